The summed E-state index contributed by atoms with van der Waals surface area (Å²) in [7, 11) is 0. The number of carbonyl (C=O) groups excluding carboxylic acids is 1. The Morgan fingerprint density at radius 2 is 1.95 bits per heavy atom. The van der Waals surface area contributed by atoms with E-state index in [1.54, 1.807) is 0 Å². The van der Waals surface area contributed by atoms with Gasteiger partial charge in [-0.05, 0) is 17.7 Å². The topological polar surface area (TPSA) is 220 Å². The fourth-order valence-corrected chi connectivity index (χ4v) is 6.03. The average Bonchev–Trinajstić information content (AvgIpc) is 3.50. The maximum atomic E-state index is 12.6. The molecule has 198 valence electrons. The number of ether oxygens (including phenoxy) is 1. The number of aromatic carboxylic acids is 1. The molecule has 3 heterocycles. The molecule has 13 nitrogen and oxygen atoms in total. The minimum atomic E-state index is -2.19. The Bertz CT molecular complexity index is 1340. The molecule has 7 N–H and O–H groups in total. The van der Waals surface area contributed by atoms with E-state index in [0.717, 1.165) is 29.6 Å². The van der Waals surface area contributed by atoms with Gasteiger partial charge >= 0.3 is 11.9 Å². The van der Waals surface area contributed by atoms with Gasteiger partial charge in [0.1, 0.15) is 18.3 Å². The van der Waals surface area contributed by atoms with E-state index in [4.69, 9.17) is 9.84 Å². The summed E-state index contributed by atoms with van der Waals surface area (Å²) in [5, 5.41) is 64.7. The van der Waals surface area contributed by atoms with Crippen LogP contribution in [0.1, 0.15) is 29.4 Å². The van der Waals surface area contributed by atoms with Crippen LogP contribution in [0.15, 0.2) is 23.6 Å². The highest BCUT2D eigenvalue weighted by atomic mass is 32.1. The Balaban J connectivity index is 1.76. The number of fused-ring (bicyclic) bond motifs is 1. The van der Waals surface area contributed by atoms with Gasteiger partial charge in [-0.2, -0.15) is 0 Å². The van der Waals surface area contributed by atoms with E-state index < -0.39 is 66.9 Å². The van der Waals surface area contributed by atoms with Crippen LogP contribution in [0.4, 0.5) is 0 Å². The van der Waals surface area contributed by atoms with Crippen molar-refractivity contribution in [3.8, 4) is 10.0 Å². The van der Waals surface area contributed by atoms with Crippen molar-refractivity contribution in [3.05, 3.63) is 34.8 Å². The van der Waals surface area contributed by atoms with E-state index in [0.29, 0.717) is 20.2 Å². The number of carboxylic acid groups (broad SMARTS) is 2. The summed E-state index contributed by atoms with van der Waals surface area (Å²) in [4.78, 5) is 43.9. The summed E-state index contributed by atoms with van der Waals surface area (Å²) < 4.78 is 6.40. The maximum absolute atomic E-state index is 12.6. The summed E-state index contributed by atoms with van der Waals surface area (Å²) >= 11 is 2.24. The molecule has 0 unspecified atom stereocenters. The van der Waals surface area contributed by atoms with Gasteiger partial charge in [-0.15, -0.1) is 22.7 Å². The Labute approximate surface area is 216 Å². The number of hydrogen-bond acceptors (Lipinski definition) is 12. The van der Waals surface area contributed by atoms with Crippen LogP contribution in [0.5, 0.6) is 0 Å². The molecule has 37 heavy (non-hydrogen) atoms. The van der Waals surface area contributed by atoms with Crippen molar-refractivity contribution in [2.75, 3.05) is 6.61 Å². The van der Waals surface area contributed by atoms with Gasteiger partial charge in [-0.3, -0.25) is 4.79 Å². The fraction of sp³-hybridized carbons (Fsp3) is 0.409. The lowest BCUT2D eigenvalue weighted by Gasteiger charge is -2.47. The van der Waals surface area contributed by atoms with Crippen LogP contribution < -0.4 is 5.32 Å². The normalized spacial score (nSPS) is 25.5. The first-order valence-corrected chi connectivity index (χ1v) is 12.6. The summed E-state index contributed by atoms with van der Waals surface area (Å²) in [6, 6.07) is 3.19. The molecule has 1 aliphatic rings. The molecule has 0 spiro atoms. The highest BCUT2D eigenvalue weighted by molar-refractivity contribution is 7.25. The van der Waals surface area contributed by atoms with Crippen LogP contribution in [0, 0.1) is 0 Å². The molecule has 15 heteroatoms. The van der Waals surface area contributed by atoms with Crippen molar-refractivity contribution in [1.29, 1.82) is 0 Å². The summed E-state index contributed by atoms with van der Waals surface area (Å²) in [5.41, 5.74) is -1.73. The Morgan fingerprint density at radius 3 is 2.54 bits per heavy atom. The van der Waals surface area contributed by atoms with E-state index in [-0.39, 0.29) is 11.3 Å². The first-order chi connectivity index (χ1) is 17.5. The largest absolute Gasteiger partial charge is 0.479 e. The third-order valence-corrected chi connectivity index (χ3v) is 8.00. The number of benzene rings is 1. The van der Waals surface area contributed by atoms with Crippen LogP contribution in [0.3, 0.4) is 0 Å². The Kier molecular flexibility index (Phi) is 7.57. The molecule has 0 radical (unpaired) electrons. The van der Waals surface area contributed by atoms with E-state index in [1.165, 1.54) is 23.6 Å². The lowest BCUT2D eigenvalue weighted by molar-refractivity contribution is -0.233. The standard InChI is InChI=1S/C22H23N3O10S2/c1-8(27)23-15-12(28)5-22(21(33)34,35-17(15)16(30)13(29)6-26)9-2-3-10-14(4-9)37-19(24-10)18-25-11(7-36-18)20(31)32/h2-4,7,12-13,15-17,26,28-30H,5-6H2,1H3,(H,23,27)(H,31,32)(H,33,34)/t12-,13+,15+,16+,17+,22-/m0/s1. The zero-order chi connectivity index (χ0) is 27.1. The molecule has 1 aliphatic heterocycles. The molecular formula is C22H23N3O10S2. The lowest BCUT2D eigenvalue weighted by Crippen LogP contribution is -2.66. The quantitative estimate of drug-likeness (QED) is 0.192. The predicted octanol–water partition coefficient (Wildman–Crippen LogP) is -0.233. The number of aliphatic hydroxyl groups is 4. The second kappa shape index (κ2) is 10.4. The van der Waals surface area contributed by atoms with Crippen LogP contribution in [-0.2, 0) is 19.9 Å². The van der Waals surface area contributed by atoms with Gasteiger partial charge in [0.2, 0.25) is 5.91 Å². The molecule has 6 atom stereocenters. The zero-order valence-corrected chi connectivity index (χ0v) is 20.8. The van der Waals surface area contributed by atoms with Crippen LogP contribution in [-0.4, -0.2) is 95.5 Å². The number of aromatic nitrogens is 2. The van der Waals surface area contributed by atoms with Gasteiger partial charge in [0.25, 0.3) is 0 Å². The smallest absolute Gasteiger partial charge is 0.355 e. The monoisotopic (exact) mass is 553 g/mol. The van der Waals surface area contributed by atoms with Crippen LogP contribution >= 0.6 is 22.7 Å². The summed E-state index contributed by atoms with van der Waals surface area (Å²) in [6.07, 6.45) is -7.18. The highest BCUT2D eigenvalue weighted by Crippen LogP contribution is 2.42. The van der Waals surface area contributed by atoms with E-state index in [1.807, 2.05) is 0 Å². The minimum Gasteiger partial charge on any atom is -0.479 e. The fourth-order valence-electron chi connectivity index (χ4n) is 4.20. The van der Waals surface area contributed by atoms with Gasteiger partial charge in [-0.1, -0.05) is 6.07 Å². The molecule has 2 aromatic heterocycles. The molecule has 0 bridgehead atoms. The highest BCUT2D eigenvalue weighted by Gasteiger charge is 2.55. The third kappa shape index (κ3) is 5.06. The molecule has 1 saturated heterocycles. The number of aliphatic carboxylic acids is 1. The van der Waals surface area contributed by atoms with E-state index in [9.17, 15) is 39.9 Å². The second-order valence-corrected chi connectivity index (χ2v) is 10.4. The number of aliphatic hydroxyl groups excluding tert-OH is 4. The molecule has 1 aromatic carbocycles. The van der Waals surface area contributed by atoms with Crippen molar-refractivity contribution in [1.82, 2.24) is 15.3 Å². The van der Waals surface area contributed by atoms with Gasteiger partial charge in [-0.25, -0.2) is 19.6 Å². The molecule has 1 amide bonds. The molecule has 4 rings (SSSR count). The van der Waals surface area contributed by atoms with Crippen LogP contribution in [0.25, 0.3) is 20.2 Å². The first-order valence-electron chi connectivity index (χ1n) is 10.9. The second-order valence-electron chi connectivity index (χ2n) is 8.50. The van der Waals surface area contributed by atoms with Gasteiger partial charge in [0.05, 0.1) is 29.0 Å². The summed E-state index contributed by atoms with van der Waals surface area (Å²) in [6.45, 7) is 0.286. The first kappa shape index (κ1) is 27.0. The lowest BCUT2D eigenvalue weighted by atomic mass is 9.79. The maximum Gasteiger partial charge on any atom is 0.355 e. The number of carbonyl (C=O) groups is 3. The zero-order valence-electron chi connectivity index (χ0n) is 19.1. The third-order valence-electron chi connectivity index (χ3n) is 6.00. The molecule has 3 aromatic rings. The van der Waals surface area contributed by atoms with Gasteiger partial charge in [0, 0.05) is 18.7 Å². The van der Waals surface area contributed by atoms with Crippen molar-refractivity contribution in [3.63, 3.8) is 0 Å². The number of hydrogen-bond donors (Lipinski definition) is 7. The number of nitrogens with one attached hydrogen (secondary N) is 1. The van der Waals surface area contributed by atoms with Crippen molar-refractivity contribution < 1.29 is 49.8 Å². The van der Waals surface area contributed by atoms with E-state index >= 15 is 0 Å². The molecule has 0 saturated carbocycles. The van der Waals surface area contributed by atoms with Gasteiger partial charge in [0.15, 0.2) is 21.3 Å². The van der Waals surface area contributed by atoms with Crippen molar-refractivity contribution in [2.24, 2.45) is 0 Å². The minimum absolute atomic E-state index is 0.101. The molecule has 1 fully saturated rings. The Morgan fingerprint density at radius 1 is 1.22 bits per heavy atom. The van der Waals surface area contributed by atoms with Crippen molar-refractivity contribution in [2.45, 2.75) is 49.4 Å². The molecular weight excluding hydrogens is 530 g/mol. The molecule has 0 aliphatic carbocycles. The number of carboxylic acids is 2. The Hall–Kier alpha value is -3.05. The predicted molar refractivity (Wildman–Crippen MR) is 129 cm³/mol. The van der Waals surface area contributed by atoms with E-state index in [2.05, 4.69) is 15.3 Å². The number of thiazole rings is 2. The number of amides is 1. The average molecular weight is 554 g/mol. The summed E-state index contributed by atoms with van der Waals surface area (Å²) in [5.74, 6) is -3.25. The van der Waals surface area contributed by atoms with Crippen molar-refractivity contribution >= 4 is 50.7 Å². The van der Waals surface area contributed by atoms with Crippen LogP contribution in [0.2, 0.25) is 0 Å². The number of nitrogens with zero attached hydrogens (tertiary/aromatic N) is 2. The number of rotatable bonds is 8. The van der Waals surface area contributed by atoms with Gasteiger partial charge < -0.3 is 40.7 Å². The SMILES string of the molecule is CC(=O)N[C@H]1[C@H]([C@H](O)[C@H](O)CO)O[C@](C(=O)O)(c2ccc3nc(-c4nc(C(=O)O)cs4)sc3c2)C[C@@H]1O.